The molecule has 0 unspecified atom stereocenters. The number of carbonyl (C=O) groups excluding carboxylic acids is 1. The summed E-state index contributed by atoms with van der Waals surface area (Å²) in [5, 5.41) is 11.6. The molecule has 106 valence electrons. The van der Waals surface area contributed by atoms with Crippen LogP contribution < -0.4 is 5.32 Å². The van der Waals surface area contributed by atoms with E-state index in [9.17, 15) is 9.59 Å². The molecule has 0 aromatic rings. The largest absolute Gasteiger partial charge is 0.480 e. The van der Waals surface area contributed by atoms with Crippen molar-refractivity contribution in [2.75, 3.05) is 46.8 Å². The van der Waals surface area contributed by atoms with Crippen LogP contribution in [-0.2, 0) is 9.59 Å². The van der Waals surface area contributed by atoms with Crippen LogP contribution >= 0.6 is 0 Å². The minimum absolute atomic E-state index is 0.108. The van der Waals surface area contributed by atoms with Crippen LogP contribution in [0.25, 0.3) is 0 Å². The predicted molar refractivity (Wildman–Crippen MR) is 70.5 cm³/mol. The Bertz CT molecular complexity index is 267. The summed E-state index contributed by atoms with van der Waals surface area (Å²) in [6.45, 7) is 5.96. The summed E-state index contributed by atoms with van der Waals surface area (Å²) in [5.41, 5.74) is 0. The van der Waals surface area contributed by atoms with E-state index in [0.29, 0.717) is 19.0 Å². The van der Waals surface area contributed by atoms with Crippen molar-refractivity contribution in [3.05, 3.63) is 0 Å². The summed E-state index contributed by atoms with van der Waals surface area (Å²) in [6, 6.07) is 0. The molecule has 0 heterocycles. The number of carbonyl (C=O) groups is 2. The predicted octanol–water partition coefficient (Wildman–Crippen LogP) is -0.293. The van der Waals surface area contributed by atoms with Gasteiger partial charge in [-0.2, -0.15) is 0 Å². The van der Waals surface area contributed by atoms with Gasteiger partial charge >= 0.3 is 5.97 Å². The van der Waals surface area contributed by atoms with E-state index in [1.807, 2.05) is 32.8 Å². The average molecular weight is 259 g/mol. The van der Waals surface area contributed by atoms with Gasteiger partial charge in [0.2, 0.25) is 5.91 Å². The molecule has 0 aliphatic heterocycles. The van der Waals surface area contributed by atoms with Crippen molar-refractivity contribution < 1.29 is 14.7 Å². The average Bonchev–Trinajstić information content (AvgIpc) is 2.22. The standard InChI is InChI=1S/C12H25N3O3/c1-10(2)7-13-11(16)8-15(9-12(17)18)6-5-14(3)4/h10H,5-9H2,1-4H3,(H,13,16)(H,17,18). The number of aliphatic carboxylic acids is 1. The molecule has 0 radical (unpaired) electrons. The molecule has 0 spiro atoms. The maximum atomic E-state index is 11.6. The molecule has 0 aliphatic carbocycles. The van der Waals surface area contributed by atoms with Crippen molar-refractivity contribution in [3.63, 3.8) is 0 Å². The molecule has 0 aliphatic rings. The lowest BCUT2D eigenvalue weighted by atomic mass is 10.2. The van der Waals surface area contributed by atoms with E-state index in [1.54, 1.807) is 4.90 Å². The Kier molecular flexibility index (Phi) is 8.32. The van der Waals surface area contributed by atoms with Gasteiger partial charge in [0.25, 0.3) is 0 Å². The van der Waals surface area contributed by atoms with Crippen LogP contribution in [0.15, 0.2) is 0 Å². The van der Waals surface area contributed by atoms with Gasteiger partial charge in [0.1, 0.15) is 0 Å². The maximum absolute atomic E-state index is 11.6. The van der Waals surface area contributed by atoms with E-state index < -0.39 is 5.97 Å². The summed E-state index contributed by atoms with van der Waals surface area (Å²) in [5.74, 6) is -0.641. The molecule has 6 heteroatoms. The zero-order valence-corrected chi connectivity index (χ0v) is 11.8. The van der Waals surface area contributed by atoms with E-state index in [-0.39, 0.29) is 19.0 Å². The number of hydrogen-bond acceptors (Lipinski definition) is 4. The lowest BCUT2D eigenvalue weighted by molar-refractivity contribution is -0.138. The van der Waals surface area contributed by atoms with Gasteiger partial charge in [-0.05, 0) is 20.0 Å². The van der Waals surface area contributed by atoms with Crippen molar-refractivity contribution >= 4 is 11.9 Å². The van der Waals surface area contributed by atoms with Crippen LogP contribution in [0.4, 0.5) is 0 Å². The summed E-state index contributed by atoms with van der Waals surface area (Å²) in [4.78, 5) is 25.9. The van der Waals surface area contributed by atoms with E-state index in [1.165, 1.54) is 0 Å². The number of nitrogens with one attached hydrogen (secondary N) is 1. The first-order chi connectivity index (χ1) is 8.31. The van der Waals surface area contributed by atoms with Crippen LogP contribution in [0.1, 0.15) is 13.8 Å². The second-order valence-corrected chi connectivity index (χ2v) is 5.11. The smallest absolute Gasteiger partial charge is 0.317 e. The third kappa shape index (κ3) is 10.0. The Morgan fingerprint density at radius 2 is 1.78 bits per heavy atom. The first-order valence-electron chi connectivity index (χ1n) is 6.16. The minimum Gasteiger partial charge on any atom is -0.480 e. The fraction of sp³-hybridized carbons (Fsp3) is 0.833. The SMILES string of the molecule is CC(C)CNC(=O)CN(CCN(C)C)CC(=O)O. The van der Waals surface area contributed by atoms with Gasteiger partial charge < -0.3 is 15.3 Å². The van der Waals surface area contributed by atoms with E-state index in [4.69, 9.17) is 5.11 Å². The fourth-order valence-electron chi connectivity index (χ4n) is 1.32. The highest BCUT2D eigenvalue weighted by Gasteiger charge is 2.14. The first-order valence-corrected chi connectivity index (χ1v) is 6.16. The van der Waals surface area contributed by atoms with Crippen LogP contribution in [0.3, 0.4) is 0 Å². The number of carboxylic acid groups (broad SMARTS) is 1. The highest BCUT2D eigenvalue weighted by molar-refractivity contribution is 5.79. The number of rotatable bonds is 9. The monoisotopic (exact) mass is 259 g/mol. The molecule has 0 saturated heterocycles. The van der Waals surface area contributed by atoms with Gasteiger partial charge in [-0.15, -0.1) is 0 Å². The highest BCUT2D eigenvalue weighted by atomic mass is 16.4. The van der Waals surface area contributed by atoms with Crippen LogP contribution in [0, 0.1) is 5.92 Å². The number of amides is 1. The van der Waals surface area contributed by atoms with Gasteiger partial charge in [-0.1, -0.05) is 13.8 Å². The molecule has 2 N–H and O–H groups in total. The van der Waals surface area contributed by atoms with Gasteiger partial charge in [0.15, 0.2) is 0 Å². The fourth-order valence-corrected chi connectivity index (χ4v) is 1.32. The molecule has 0 saturated carbocycles. The number of likely N-dealkylation sites (N-methyl/N-ethyl adjacent to an activating group) is 1. The van der Waals surface area contributed by atoms with Gasteiger partial charge in [-0.3, -0.25) is 14.5 Å². The van der Waals surface area contributed by atoms with E-state index in [2.05, 4.69) is 5.32 Å². The minimum atomic E-state index is -0.912. The molecule has 6 nitrogen and oxygen atoms in total. The summed E-state index contributed by atoms with van der Waals surface area (Å²) in [7, 11) is 3.83. The lowest BCUT2D eigenvalue weighted by Gasteiger charge is -2.22. The number of nitrogens with zero attached hydrogens (tertiary/aromatic N) is 2. The third-order valence-electron chi connectivity index (χ3n) is 2.30. The molecular formula is C12H25N3O3. The second kappa shape index (κ2) is 8.88. The normalized spacial score (nSPS) is 11.3. The van der Waals surface area contributed by atoms with Crippen LogP contribution in [0.2, 0.25) is 0 Å². The first kappa shape index (κ1) is 16.9. The van der Waals surface area contributed by atoms with Gasteiger partial charge in [-0.25, -0.2) is 0 Å². The Balaban J connectivity index is 4.12. The Morgan fingerprint density at radius 3 is 2.22 bits per heavy atom. The number of carboxylic acids is 1. The molecular weight excluding hydrogens is 234 g/mol. The zero-order chi connectivity index (χ0) is 14.1. The summed E-state index contributed by atoms with van der Waals surface area (Å²) in [6.07, 6.45) is 0. The Hall–Kier alpha value is -1.14. The quantitative estimate of drug-likeness (QED) is 0.595. The van der Waals surface area contributed by atoms with Gasteiger partial charge in [0, 0.05) is 19.6 Å². The lowest BCUT2D eigenvalue weighted by Crippen LogP contribution is -2.43. The second-order valence-electron chi connectivity index (χ2n) is 5.11. The molecule has 0 bridgehead atoms. The topological polar surface area (TPSA) is 72.9 Å². The molecule has 0 atom stereocenters. The van der Waals surface area contributed by atoms with Gasteiger partial charge in [0.05, 0.1) is 13.1 Å². The molecule has 0 fully saturated rings. The Morgan fingerprint density at radius 1 is 1.17 bits per heavy atom. The van der Waals surface area contributed by atoms with Crippen molar-refractivity contribution in [1.29, 1.82) is 0 Å². The highest BCUT2D eigenvalue weighted by Crippen LogP contribution is 1.91. The third-order valence-corrected chi connectivity index (χ3v) is 2.30. The van der Waals surface area contributed by atoms with Crippen molar-refractivity contribution in [2.24, 2.45) is 5.92 Å². The molecule has 1 amide bonds. The summed E-state index contributed by atoms with van der Waals surface area (Å²) >= 11 is 0. The van der Waals surface area contributed by atoms with E-state index >= 15 is 0 Å². The molecule has 0 aromatic heterocycles. The molecule has 0 aromatic carbocycles. The van der Waals surface area contributed by atoms with Crippen molar-refractivity contribution in [2.45, 2.75) is 13.8 Å². The van der Waals surface area contributed by atoms with E-state index in [0.717, 1.165) is 6.54 Å². The Labute approximate surface area is 109 Å². The molecule has 0 rings (SSSR count). The summed E-state index contributed by atoms with van der Waals surface area (Å²) < 4.78 is 0. The van der Waals surface area contributed by atoms with Crippen molar-refractivity contribution in [3.8, 4) is 0 Å². The van der Waals surface area contributed by atoms with Crippen LogP contribution in [-0.4, -0.2) is 73.6 Å². The van der Waals surface area contributed by atoms with Crippen LogP contribution in [0.5, 0.6) is 0 Å². The maximum Gasteiger partial charge on any atom is 0.317 e. The van der Waals surface area contributed by atoms with Crippen molar-refractivity contribution in [1.82, 2.24) is 15.1 Å². The number of hydrogen-bond donors (Lipinski definition) is 2. The molecule has 18 heavy (non-hydrogen) atoms. The zero-order valence-electron chi connectivity index (χ0n) is 11.8.